The second-order valence-corrected chi connectivity index (χ2v) is 6.17. The fraction of sp³-hybridized carbons (Fsp3) is 0.800. The number of methoxy groups -OCH3 is 1. The Morgan fingerprint density at radius 1 is 1.67 bits per heavy atom. The first kappa shape index (κ1) is 12.0. The van der Waals surface area contributed by atoms with E-state index in [9.17, 15) is 8.42 Å². The lowest BCUT2D eigenvalue weighted by Crippen LogP contribution is -2.08. The van der Waals surface area contributed by atoms with Crippen LogP contribution in [0.1, 0.15) is 6.92 Å². The molecule has 0 aromatic rings. The number of sulfonamides is 1. The number of hydrogen-bond acceptors (Lipinski definition) is 4. The first-order valence-electron chi connectivity index (χ1n) is 3.12. The van der Waals surface area contributed by atoms with Crippen molar-refractivity contribution >= 4 is 37.3 Å². The van der Waals surface area contributed by atoms with Crippen molar-refractivity contribution in [2.24, 2.45) is 3.77 Å². The van der Waals surface area contributed by atoms with Crippen LogP contribution in [0.25, 0.3) is 0 Å². The van der Waals surface area contributed by atoms with Crippen LogP contribution in [0.2, 0.25) is 0 Å². The summed E-state index contributed by atoms with van der Waals surface area (Å²) in [6, 6.07) is 0. The molecule has 4 nitrogen and oxygen atoms in total. The van der Waals surface area contributed by atoms with Gasteiger partial charge in [0.25, 0.3) is 10.0 Å². The molecule has 0 heterocycles. The zero-order valence-electron chi connectivity index (χ0n) is 7.10. The fourth-order valence-corrected chi connectivity index (χ4v) is 2.92. The molecule has 0 saturated heterocycles. The maximum absolute atomic E-state index is 11.0. The summed E-state index contributed by atoms with van der Waals surface area (Å²) in [5, 5.41) is 0. The van der Waals surface area contributed by atoms with Gasteiger partial charge in [0.05, 0.1) is 12.9 Å². The molecule has 12 heavy (non-hydrogen) atoms. The highest BCUT2D eigenvalue weighted by atomic mass is 32.3. The topological polar surface area (TPSA) is 55.7 Å². The van der Waals surface area contributed by atoms with E-state index in [0.29, 0.717) is 0 Å². The minimum absolute atomic E-state index is 0.00331. The predicted molar refractivity (Wildman–Crippen MR) is 54.8 cm³/mol. The highest BCUT2D eigenvalue weighted by Gasteiger charge is 2.06. The molecule has 0 aliphatic carbocycles. The van der Waals surface area contributed by atoms with Gasteiger partial charge in [0.1, 0.15) is 0 Å². The van der Waals surface area contributed by atoms with E-state index < -0.39 is 20.7 Å². The number of thiocarbonyl (C=S) groups is 1. The van der Waals surface area contributed by atoms with Crippen LogP contribution in [-0.4, -0.2) is 31.9 Å². The van der Waals surface area contributed by atoms with Gasteiger partial charge in [-0.25, -0.2) is 8.42 Å². The maximum atomic E-state index is 11.0. The first-order chi connectivity index (χ1) is 5.43. The van der Waals surface area contributed by atoms with Crippen LogP contribution in [0.5, 0.6) is 0 Å². The van der Waals surface area contributed by atoms with Crippen LogP contribution in [-0.2, 0) is 25.5 Å². The Bertz CT molecular complexity index is 293. The third kappa shape index (κ3) is 4.13. The average molecular weight is 229 g/mol. The number of hydrogen-bond donors (Lipinski definition) is 0. The van der Waals surface area contributed by atoms with Gasteiger partial charge in [-0.2, -0.15) is 0 Å². The van der Waals surface area contributed by atoms with E-state index in [1.54, 1.807) is 6.26 Å². The predicted octanol–water partition coefficient (Wildman–Crippen LogP) is 0.699. The Balaban J connectivity index is 4.69. The molecule has 0 spiro atoms. The molecule has 0 aliphatic rings. The molecule has 0 fully saturated rings. The molecular weight excluding hydrogens is 218 g/mol. The van der Waals surface area contributed by atoms with Crippen molar-refractivity contribution in [2.45, 2.75) is 6.92 Å². The van der Waals surface area contributed by atoms with E-state index in [4.69, 9.17) is 12.2 Å². The van der Waals surface area contributed by atoms with Gasteiger partial charge in [-0.1, -0.05) is 0 Å². The summed E-state index contributed by atoms with van der Waals surface area (Å²) in [4.78, 5) is 0. The van der Waals surface area contributed by atoms with Crippen molar-refractivity contribution in [3.05, 3.63) is 0 Å². The quantitative estimate of drug-likeness (QED) is 0.654. The summed E-state index contributed by atoms with van der Waals surface area (Å²) in [5.41, 5.74) is 0. The van der Waals surface area contributed by atoms with Crippen LogP contribution in [0.15, 0.2) is 3.77 Å². The maximum Gasteiger partial charge on any atom is 0.258 e. The van der Waals surface area contributed by atoms with Crippen molar-refractivity contribution in [3.8, 4) is 0 Å². The van der Waals surface area contributed by atoms with E-state index in [-0.39, 0.29) is 10.1 Å². The number of rotatable bonds is 2. The van der Waals surface area contributed by atoms with Crippen LogP contribution < -0.4 is 0 Å². The third-order valence-electron chi connectivity index (χ3n) is 0.998. The van der Waals surface area contributed by atoms with Crippen molar-refractivity contribution in [3.63, 3.8) is 0 Å². The third-order valence-corrected chi connectivity index (χ3v) is 5.07. The number of ether oxygens (including phenoxy) is 1. The molecule has 0 radical (unpaired) electrons. The number of nitrogens with zero attached hydrogens (tertiary/aromatic N) is 1. The lowest BCUT2D eigenvalue weighted by molar-refractivity contribution is 0.426. The van der Waals surface area contributed by atoms with Gasteiger partial charge in [-0.05, 0) is 29.8 Å². The summed E-state index contributed by atoms with van der Waals surface area (Å²) in [6.07, 6.45) is 1.61. The van der Waals surface area contributed by atoms with E-state index >= 15 is 0 Å². The molecule has 0 amide bonds. The molecule has 0 rings (SSSR count). The van der Waals surface area contributed by atoms with E-state index in [1.165, 1.54) is 14.0 Å². The summed E-state index contributed by atoms with van der Waals surface area (Å²) in [7, 11) is -2.74. The zero-order valence-corrected chi connectivity index (χ0v) is 9.55. The summed E-state index contributed by atoms with van der Waals surface area (Å²) in [5.74, 6) is -0.00331. The lowest BCUT2D eigenvalue weighted by Gasteiger charge is -2.01. The molecule has 72 valence electrons. The highest BCUT2D eigenvalue weighted by molar-refractivity contribution is 8.16. The van der Waals surface area contributed by atoms with Gasteiger partial charge in [-0.15, -0.1) is 3.77 Å². The molecule has 7 heteroatoms. The van der Waals surface area contributed by atoms with Gasteiger partial charge in [0, 0.05) is 6.26 Å². The Hall–Kier alpha value is -0.0100. The Morgan fingerprint density at radius 2 is 2.17 bits per heavy atom. The first-order valence-corrected chi connectivity index (χ1v) is 6.73. The Kier molecular flexibility index (Phi) is 4.88. The van der Waals surface area contributed by atoms with Crippen LogP contribution in [0.4, 0.5) is 0 Å². The molecule has 0 N–H and O–H groups in total. The van der Waals surface area contributed by atoms with E-state index in [2.05, 4.69) is 8.50 Å². The molecule has 1 unspecified atom stereocenters. The van der Waals surface area contributed by atoms with Crippen LogP contribution in [0, 0.1) is 0 Å². The van der Waals surface area contributed by atoms with Gasteiger partial charge in [0.2, 0.25) is 4.38 Å². The SMILES string of the molecule is CCS(=O)(=O)N=S(C)C(=S)OC. The second-order valence-electron chi connectivity index (χ2n) is 1.88. The Morgan fingerprint density at radius 3 is 2.50 bits per heavy atom. The second kappa shape index (κ2) is 4.88. The summed E-state index contributed by atoms with van der Waals surface area (Å²) < 4.78 is 30.3. The summed E-state index contributed by atoms with van der Waals surface area (Å²) in [6.45, 7) is 1.53. The van der Waals surface area contributed by atoms with Crippen molar-refractivity contribution in [1.29, 1.82) is 0 Å². The monoisotopic (exact) mass is 229 g/mol. The Labute approximate surface area is 80.5 Å². The van der Waals surface area contributed by atoms with Gasteiger partial charge in [0.15, 0.2) is 0 Å². The van der Waals surface area contributed by atoms with Gasteiger partial charge < -0.3 is 4.74 Å². The highest BCUT2D eigenvalue weighted by Crippen LogP contribution is 1.98. The minimum Gasteiger partial charge on any atom is -0.481 e. The molecule has 0 aromatic heterocycles. The largest absolute Gasteiger partial charge is 0.481 e. The molecule has 0 bridgehead atoms. The molecule has 1 atom stereocenters. The van der Waals surface area contributed by atoms with Gasteiger partial charge in [-0.3, -0.25) is 0 Å². The molecule has 0 aliphatic heterocycles. The van der Waals surface area contributed by atoms with Crippen molar-refractivity contribution in [1.82, 2.24) is 0 Å². The average Bonchev–Trinajstić information content (AvgIpc) is 2.02. The zero-order chi connectivity index (χ0) is 9.78. The molecule has 0 aromatic carbocycles. The van der Waals surface area contributed by atoms with Gasteiger partial charge >= 0.3 is 0 Å². The standard InChI is InChI=1S/C5H11NO3S3/c1-4-12(7,8)6-11(3)5(10)9-2/h4H2,1-3H3. The van der Waals surface area contributed by atoms with E-state index in [0.717, 1.165) is 0 Å². The molecular formula is C5H11NO3S3. The van der Waals surface area contributed by atoms with Crippen molar-refractivity contribution < 1.29 is 13.2 Å². The van der Waals surface area contributed by atoms with Crippen LogP contribution >= 0.6 is 12.2 Å². The summed E-state index contributed by atoms with van der Waals surface area (Å²) >= 11 is 4.73. The minimum atomic E-state index is -3.30. The smallest absolute Gasteiger partial charge is 0.258 e. The fourth-order valence-electron chi connectivity index (χ4n) is 0.374. The molecule has 0 saturated carbocycles. The van der Waals surface area contributed by atoms with E-state index in [1.807, 2.05) is 0 Å². The normalized spacial score (nSPS) is 14.2. The lowest BCUT2D eigenvalue weighted by atomic mass is 11.0. The van der Waals surface area contributed by atoms with Crippen molar-refractivity contribution in [2.75, 3.05) is 19.1 Å². The van der Waals surface area contributed by atoms with Crippen LogP contribution in [0.3, 0.4) is 0 Å².